The van der Waals surface area contributed by atoms with E-state index >= 15 is 4.79 Å². The van der Waals surface area contributed by atoms with Gasteiger partial charge >= 0.3 is 11.9 Å². The Labute approximate surface area is 311 Å². The van der Waals surface area contributed by atoms with Gasteiger partial charge in [0.15, 0.2) is 11.8 Å². The quantitative estimate of drug-likeness (QED) is 0.139. The van der Waals surface area contributed by atoms with E-state index in [0.29, 0.717) is 42.9 Å². The van der Waals surface area contributed by atoms with E-state index in [4.69, 9.17) is 18.9 Å². The van der Waals surface area contributed by atoms with E-state index in [1.165, 1.54) is 18.9 Å². The highest BCUT2D eigenvalue weighted by atomic mass is 28.3. The molecule has 0 saturated carbocycles. The Morgan fingerprint density at radius 3 is 2.43 bits per heavy atom. The van der Waals surface area contributed by atoms with Gasteiger partial charge < -0.3 is 33.9 Å². The summed E-state index contributed by atoms with van der Waals surface area (Å²) in [6.07, 6.45) is 1.49. The number of rotatable bonds is 13. The van der Waals surface area contributed by atoms with Crippen LogP contribution < -0.4 is 19.7 Å². The molecule has 0 aromatic heterocycles. The van der Waals surface area contributed by atoms with Crippen molar-refractivity contribution in [3.63, 3.8) is 0 Å². The van der Waals surface area contributed by atoms with Crippen molar-refractivity contribution < 1.29 is 48.0 Å². The van der Waals surface area contributed by atoms with Gasteiger partial charge in [-0.25, -0.2) is 0 Å². The van der Waals surface area contributed by atoms with Crippen LogP contribution >= 0.6 is 0 Å². The number of ether oxygens (including phenoxy) is 4. The highest BCUT2D eigenvalue weighted by Gasteiger charge is 2.66. The van der Waals surface area contributed by atoms with Gasteiger partial charge in [0.05, 0.1) is 59.6 Å². The molecular formula is C39H51N3O10Si. The van der Waals surface area contributed by atoms with Gasteiger partial charge in [0.1, 0.15) is 5.75 Å². The number of aliphatic hydroxyl groups excluding tert-OH is 1. The maximum atomic E-state index is 15.1. The second-order valence-electron chi connectivity index (χ2n) is 15.1. The van der Waals surface area contributed by atoms with Crippen molar-refractivity contribution in [2.24, 2.45) is 5.92 Å². The molecule has 4 aliphatic rings. The third-order valence-corrected chi connectivity index (χ3v) is 16.2. The van der Waals surface area contributed by atoms with Crippen LogP contribution in [0.25, 0.3) is 0 Å². The first kappa shape index (κ1) is 38.5. The standard InChI is InChI=1S/C39H51N3O10Si/c1-24-37(53(5,6)29-15-13-28(49-3)14-16-29)32(21-33(45)40-19-9-10-27(40)23-43)52-39(24)30-20-26(42-34(46)22-35(42)51-25(2)44)12-17-31(30)41(38(39)48)18-8-7-11-36(47)50-4/h12-17,20,24,27,32,35,37,43H,7-11,18-19,21-23H2,1-6H3/t24-,27-,32+,35?,37-,39+/m0/s1. The molecule has 14 heteroatoms. The second-order valence-corrected chi connectivity index (χ2v) is 19.8. The number of likely N-dealkylation sites (tertiary alicyclic amines) is 1. The van der Waals surface area contributed by atoms with E-state index in [-0.39, 0.29) is 61.1 Å². The Kier molecular flexibility index (Phi) is 11.0. The summed E-state index contributed by atoms with van der Waals surface area (Å²) in [5.74, 6) is -1.10. The van der Waals surface area contributed by atoms with Gasteiger partial charge in [0, 0.05) is 43.6 Å². The summed E-state index contributed by atoms with van der Waals surface area (Å²) >= 11 is 0. The number of amides is 3. The number of aliphatic hydroxyl groups is 1. The summed E-state index contributed by atoms with van der Waals surface area (Å²) in [6.45, 7) is 8.57. The molecule has 3 saturated heterocycles. The van der Waals surface area contributed by atoms with Crippen molar-refractivity contribution >= 4 is 54.3 Å². The minimum absolute atomic E-state index is 0.0421. The molecule has 4 heterocycles. The Bertz CT molecular complexity index is 1750. The fourth-order valence-corrected chi connectivity index (χ4v) is 13.2. The molecule has 6 rings (SSSR count). The fourth-order valence-electron chi connectivity index (χ4n) is 9.14. The van der Waals surface area contributed by atoms with Gasteiger partial charge in [-0.1, -0.05) is 37.3 Å². The van der Waals surface area contributed by atoms with Crippen LogP contribution in [0.4, 0.5) is 11.4 Å². The largest absolute Gasteiger partial charge is 0.497 e. The average Bonchev–Trinajstić information content (AvgIpc) is 3.79. The second kappa shape index (κ2) is 15.2. The van der Waals surface area contributed by atoms with Crippen LogP contribution in [0.1, 0.15) is 64.4 Å². The number of benzene rings is 2. The predicted octanol–water partition coefficient (Wildman–Crippen LogP) is 3.60. The first-order valence-electron chi connectivity index (χ1n) is 18.5. The number of methoxy groups -OCH3 is 2. The zero-order chi connectivity index (χ0) is 38.2. The molecule has 53 heavy (non-hydrogen) atoms. The molecule has 0 aliphatic carbocycles. The number of hydrogen-bond donors (Lipinski definition) is 1. The van der Waals surface area contributed by atoms with E-state index in [2.05, 4.69) is 25.2 Å². The SMILES string of the molecule is COC(=O)CCCCN1C(=O)[C@]2(O[C@H](CC(=O)N3CCC[C@H]3CO)[C@@H]([Si](C)(C)c3ccc(OC)cc3)[C@@H]2C)c2cc(N3C(=O)CC3OC(C)=O)ccc21. The molecular weight excluding hydrogens is 699 g/mol. The molecule has 2 aromatic rings. The van der Waals surface area contributed by atoms with Gasteiger partial charge in [-0.15, -0.1) is 0 Å². The fraction of sp³-hybridized carbons (Fsp3) is 0.564. The summed E-state index contributed by atoms with van der Waals surface area (Å²) in [7, 11) is 0.396. The van der Waals surface area contributed by atoms with E-state index in [0.717, 1.165) is 23.8 Å². The van der Waals surface area contributed by atoms with E-state index in [1.54, 1.807) is 35.1 Å². The normalized spacial score (nSPS) is 26.5. The van der Waals surface area contributed by atoms with Gasteiger partial charge in [0.2, 0.25) is 11.8 Å². The summed E-state index contributed by atoms with van der Waals surface area (Å²) < 4.78 is 22.9. The molecule has 286 valence electrons. The molecule has 0 radical (unpaired) electrons. The van der Waals surface area contributed by atoms with Gasteiger partial charge in [-0.3, -0.25) is 28.9 Å². The maximum absolute atomic E-state index is 15.1. The number of unbranched alkanes of at least 4 members (excludes halogenated alkanes) is 1. The minimum Gasteiger partial charge on any atom is -0.497 e. The van der Waals surface area contributed by atoms with Crippen LogP contribution in [-0.2, 0) is 43.8 Å². The van der Waals surface area contributed by atoms with Crippen molar-refractivity contribution in [2.75, 3.05) is 43.7 Å². The third kappa shape index (κ3) is 6.85. The number of carbonyl (C=O) groups is 5. The number of esters is 2. The van der Waals surface area contributed by atoms with E-state index < -0.39 is 37.9 Å². The van der Waals surface area contributed by atoms with Gasteiger partial charge in [0.25, 0.3) is 5.91 Å². The van der Waals surface area contributed by atoms with Crippen LogP contribution in [0, 0.1) is 5.92 Å². The number of nitrogens with zero attached hydrogens (tertiary/aromatic N) is 3. The Balaban J connectivity index is 1.44. The van der Waals surface area contributed by atoms with Crippen molar-refractivity contribution in [1.82, 2.24) is 4.90 Å². The zero-order valence-corrected chi connectivity index (χ0v) is 32.5. The lowest BCUT2D eigenvalue weighted by Crippen LogP contribution is -2.55. The number of hydrogen-bond acceptors (Lipinski definition) is 10. The van der Waals surface area contributed by atoms with Gasteiger partial charge in [-0.05, 0) is 61.6 Å². The highest BCUT2D eigenvalue weighted by molar-refractivity contribution is 6.91. The smallest absolute Gasteiger partial charge is 0.305 e. The molecule has 0 bridgehead atoms. The molecule has 4 aliphatic heterocycles. The van der Waals surface area contributed by atoms with Crippen molar-refractivity contribution in [2.45, 2.75) is 101 Å². The van der Waals surface area contributed by atoms with Crippen LogP contribution in [0.15, 0.2) is 42.5 Å². The van der Waals surface area contributed by atoms with Crippen LogP contribution in [0.2, 0.25) is 18.6 Å². The van der Waals surface area contributed by atoms with Crippen molar-refractivity contribution in [3.05, 3.63) is 48.0 Å². The molecule has 3 amide bonds. The summed E-state index contributed by atoms with van der Waals surface area (Å²) in [5, 5.41) is 11.2. The molecule has 2 aromatic carbocycles. The highest BCUT2D eigenvalue weighted by Crippen LogP contribution is 2.60. The van der Waals surface area contributed by atoms with Crippen LogP contribution in [-0.4, -0.2) is 100 Å². The third-order valence-electron chi connectivity index (χ3n) is 11.8. The first-order valence-corrected chi connectivity index (χ1v) is 21.6. The predicted molar refractivity (Wildman–Crippen MR) is 198 cm³/mol. The Hall–Kier alpha value is -4.27. The minimum atomic E-state index is -2.57. The Morgan fingerprint density at radius 2 is 1.79 bits per heavy atom. The molecule has 1 N–H and O–H groups in total. The summed E-state index contributed by atoms with van der Waals surface area (Å²) in [5.41, 5.74) is -0.000818. The molecule has 6 atom stereocenters. The number of anilines is 2. The van der Waals surface area contributed by atoms with E-state index in [9.17, 15) is 24.3 Å². The van der Waals surface area contributed by atoms with Crippen LogP contribution in [0.3, 0.4) is 0 Å². The average molecular weight is 750 g/mol. The lowest BCUT2D eigenvalue weighted by molar-refractivity contribution is -0.154. The van der Waals surface area contributed by atoms with Gasteiger partial charge in [-0.2, -0.15) is 0 Å². The lowest BCUT2D eigenvalue weighted by atomic mass is 9.82. The van der Waals surface area contributed by atoms with E-state index in [1.807, 2.05) is 19.1 Å². The molecule has 3 fully saturated rings. The molecule has 1 unspecified atom stereocenters. The molecule has 1 spiro atoms. The van der Waals surface area contributed by atoms with Crippen molar-refractivity contribution in [1.29, 1.82) is 0 Å². The van der Waals surface area contributed by atoms with Crippen LogP contribution in [0.5, 0.6) is 5.75 Å². The number of carbonyl (C=O) groups excluding carboxylic acids is 5. The summed E-state index contributed by atoms with van der Waals surface area (Å²) in [6, 6.07) is 13.1. The first-order chi connectivity index (χ1) is 25.3. The monoisotopic (exact) mass is 749 g/mol. The summed E-state index contributed by atoms with van der Waals surface area (Å²) in [4.78, 5) is 70.8. The number of fused-ring (bicyclic) bond motifs is 2. The zero-order valence-electron chi connectivity index (χ0n) is 31.5. The maximum Gasteiger partial charge on any atom is 0.305 e. The number of β-lactam (4-membered cyclic amide) rings is 1. The lowest BCUT2D eigenvalue weighted by Gasteiger charge is -2.39. The molecule has 13 nitrogen and oxygen atoms in total. The topological polar surface area (TPSA) is 152 Å². The van der Waals surface area contributed by atoms with Crippen molar-refractivity contribution in [3.8, 4) is 5.75 Å². The Morgan fingerprint density at radius 1 is 1.06 bits per heavy atom.